The molecule has 3 aromatic heterocycles. The second-order valence-electron chi connectivity index (χ2n) is 6.64. The Balaban J connectivity index is 1.69. The SMILES string of the molecule is Nc1ccc(-c2ccccc2F)nc1C(=O)Cc1cnccc1-c1cncc(F)c1. The first-order chi connectivity index (χ1) is 14.5. The highest BCUT2D eigenvalue weighted by molar-refractivity contribution is 6.01. The predicted molar refractivity (Wildman–Crippen MR) is 110 cm³/mol. The van der Waals surface area contributed by atoms with Gasteiger partial charge in [0.25, 0.3) is 0 Å². The van der Waals surface area contributed by atoms with Crippen molar-refractivity contribution in [3.05, 3.63) is 96.2 Å². The minimum absolute atomic E-state index is 0.0444. The fourth-order valence-electron chi connectivity index (χ4n) is 3.18. The van der Waals surface area contributed by atoms with Gasteiger partial charge >= 0.3 is 0 Å². The molecule has 2 N–H and O–H groups in total. The number of benzene rings is 1. The minimum Gasteiger partial charge on any atom is -0.397 e. The molecule has 5 nitrogen and oxygen atoms in total. The number of carbonyl (C=O) groups is 1. The van der Waals surface area contributed by atoms with E-state index >= 15 is 0 Å². The number of rotatable bonds is 5. The van der Waals surface area contributed by atoms with Crippen LogP contribution in [-0.4, -0.2) is 20.7 Å². The molecular weight excluding hydrogens is 386 g/mol. The van der Waals surface area contributed by atoms with Crippen molar-refractivity contribution in [2.24, 2.45) is 0 Å². The average molecular weight is 402 g/mol. The number of anilines is 1. The summed E-state index contributed by atoms with van der Waals surface area (Å²) in [5.74, 6) is -1.28. The largest absolute Gasteiger partial charge is 0.397 e. The number of nitrogens with two attached hydrogens (primary N) is 1. The lowest BCUT2D eigenvalue weighted by atomic mass is 9.98. The van der Waals surface area contributed by atoms with Crippen LogP contribution in [0.15, 0.2) is 73.3 Å². The first-order valence-corrected chi connectivity index (χ1v) is 9.11. The summed E-state index contributed by atoms with van der Waals surface area (Å²) in [4.78, 5) is 25.2. The summed E-state index contributed by atoms with van der Waals surface area (Å²) in [6.07, 6.45) is 5.65. The predicted octanol–water partition coefficient (Wildman–Crippen LogP) is 4.49. The van der Waals surface area contributed by atoms with Gasteiger partial charge in [0.1, 0.15) is 17.3 Å². The van der Waals surface area contributed by atoms with E-state index in [1.54, 1.807) is 36.5 Å². The molecule has 0 aliphatic carbocycles. The van der Waals surface area contributed by atoms with Gasteiger partial charge in [-0.1, -0.05) is 12.1 Å². The number of halogens is 2. The second kappa shape index (κ2) is 8.16. The zero-order valence-corrected chi connectivity index (χ0v) is 15.7. The van der Waals surface area contributed by atoms with Crippen LogP contribution in [0.2, 0.25) is 0 Å². The van der Waals surface area contributed by atoms with E-state index in [0.717, 1.165) is 6.20 Å². The van der Waals surface area contributed by atoms with Crippen molar-refractivity contribution in [2.75, 3.05) is 5.73 Å². The third-order valence-corrected chi connectivity index (χ3v) is 4.61. The highest BCUT2D eigenvalue weighted by atomic mass is 19.1. The van der Waals surface area contributed by atoms with E-state index in [1.165, 1.54) is 30.6 Å². The van der Waals surface area contributed by atoms with Crippen molar-refractivity contribution in [1.82, 2.24) is 15.0 Å². The molecule has 0 radical (unpaired) electrons. The number of Topliss-reactive ketones (excluding diaryl/α,β-unsaturated/α-hetero) is 1. The molecule has 0 saturated heterocycles. The average Bonchev–Trinajstić information content (AvgIpc) is 2.75. The molecule has 3 heterocycles. The van der Waals surface area contributed by atoms with E-state index in [1.807, 2.05) is 0 Å². The number of ketones is 1. The van der Waals surface area contributed by atoms with Crippen molar-refractivity contribution < 1.29 is 13.6 Å². The van der Waals surface area contributed by atoms with Gasteiger partial charge in [-0.3, -0.25) is 14.8 Å². The van der Waals surface area contributed by atoms with Gasteiger partial charge in [-0.05, 0) is 47.5 Å². The summed E-state index contributed by atoms with van der Waals surface area (Å²) < 4.78 is 27.7. The van der Waals surface area contributed by atoms with E-state index in [0.29, 0.717) is 22.4 Å². The molecular formula is C23H16F2N4O. The van der Waals surface area contributed by atoms with Gasteiger partial charge < -0.3 is 5.73 Å². The number of aromatic nitrogens is 3. The van der Waals surface area contributed by atoms with Crippen LogP contribution in [0, 0.1) is 11.6 Å². The molecule has 0 fully saturated rings. The third-order valence-electron chi connectivity index (χ3n) is 4.61. The Kier molecular flexibility index (Phi) is 5.26. The lowest BCUT2D eigenvalue weighted by Gasteiger charge is -2.11. The summed E-state index contributed by atoms with van der Waals surface area (Å²) >= 11 is 0. The Morgan fingerprint density at radius 1 is 0.933 bits per heavy atom. The Hall–Kier alpha value is -4.00. The van der Waals surface area contributed by atoms with Gasteiger partial charge in [-0.25, -0.2) is 13.8 Å². The van der Waals surface area contributed by atoms with E-state index in [2.05, 4.69) is 15.0 Å². The zero-order valence-electron chi connectivity index (χ0n) is 15.7. The molecule has 0 saturated carbocycles. The number of hydrogen-bond acceptors (Lipinski definition) is 5. The highest BCUT2D eigenvalue weighted by Gasteiger charge is 2.18. The molecule has 0 spiro atoms. The molecule has 4 rings (SSSR count). The summed E-state index contributed by atoms with van der Waals surface area (Å²) in [6.45, 7) is 0. The van der Waals surface area contributed by atoms with Gasteiger partial charge in [0.2, 0.25) is 0 Å². The fourth-order valence-corrected chi connectivity index (χ4v) is 3.18. The van der Waals surface area contributed by atoms with E-state index in [-0.39, 0.29) is 29.1 Å². The third kappa shape index (κ3) is 3.91. The Morgan fingerprint density at radius 3 is 2.57 bits per heavy atom. The van der Waals surface area contributed by atoms with Crippen LogP contribution in [0.4, 0.5) is 14.5 Å². The molecule has 4 aromatic rings. The van der Waals surface area contributed by atoms with Gasteiger partial charge in [-0.2, -0.15) is 0 Å². The summed E-state index contributed by atoms with van der Waals surface area (Å²) in [7, 11) is 0. The van der Waals surface area contributed by atoms with Crippen LogP contribution >= 0.6 is 0 Å². The first-order valence-electron chi connectivity index (χ1n) is 9.11. The molecule has 148 valence electrons. The molecule has 0 atom stereocenters. The fraction of sp³-hybridized carbons (Fsp3) is 0.0435. The summed E-state index contributed by atoms with van der Waals surface area (Å²) in [5, 5.41) is 0. The Bertz CT molecular complexity index is 1240. The maximum absolute atomic E-state index is 14.1. The highest BCUT2D eigenvalue weighted by Crippen LogP contribution is 2.26. The maximum atomic E-state index is 14.1. The van der Waals surface area contributed by atoms with Crippen molar-refractivity contribution in [3.63, 3.8) is 0 Å². The second-order valence-corrected chi connectivity index (χ2v) is 6.64. The van der Waals surface area contributed by atoms with Crippen LogP contribution < -0.4 is 5.73 Å². The van der Waals surface area contributed by atoms with Crippen molar-refractivity contribution in [2.45, 2.75) is 6.42 Å². The molecule has 0 unspecified atom stereocenters. The topological polar surface area (TPSA) is 81.8 Å². The molecule has 0 aliphatic heterocycles. The number of carbonyl (C=O) groups excluding carboxylic acids is 1. The van der Waals surface area contributed by atoms with E-state index in [4.69, 9.17) is 5.73 Å². The summed E-state index contributed by atoms with van der Waals surface area (Å²) in [6, 6.07) is 12.3. The number of nitrogen functional groups attached to an aromatic ring is 1. The van der Waals surface area contributed by atoms with Crippen LogP contribution in [0.25, 0.3) is 22.4 Å². The molecule has 0 amide bonds. The Labute approximate surface area is 171 Å². The number of pyridine rings is 3. The minimum atomic E-state index is -0.481. The van der Waals surface area contributed by atoms with Crippen LogP contribution in [-0.2, 0) is 6.42 Å². The lowest BCUT2D eigenvalue weighted by Crippen LogP contribution is -2.11. The van der Waals surface area contributed by atoms with Crippen LogP contribution in [0.1, 0.15) is 16.1 Å². The van der Waals surface area contributed by atoms with E-state index < -0.39 is 11.6 Å². The molecule has 1 aromatic carbocycles. The normalized spacial score (nSPS) is 10.7. The smallest absolute Gasteiger partial charge is 0.187 e. The van der Waals surface area contributed by atoms with Gasteiger partial charge in [-0.15, -0.1) is 0 Å². The van der Waals surface area contributed by atoms with Crippen molar-refractivity contribution >= 4 is 11.5 Å². The van der Waals surface area contributed by atoms with Gasteiger partial charge in [0, 0.05) is 36.1 Å². The monoisotopic (exact) mass is 402 g/mol. The Morgan fingerprint density at radius 2 is 1.77 bits per heavy atom. The molecule has 30 heavy (non-hydrogen) atoms. The van der Waals surface area contributed by atoms with Gasteiger partial charge in [0.05, 0.1) is 17.6 Å². The number of hydrogen-bond donors (Lipinski definition) is 1. The first kappa shape index (κ1) is 19.3. The summed E-state index contributed by atoms with van der Waals surface area (Å²) in [5.41, 5.74) is 8.54. The van der Waals surface area contributed by atoms with Crippen LogP contribution in [0.5, 0.6) is 0 Å². The number of nitrogens with zero attached hydrogens (tertiary/aromatic N) is 3. The molecule has 0 bridgehead atoms. The van der Waals surface area contributed by atoms with Crippen LogP contribution in [0.3, 0.4) is 0 Å². The van der Waals surface area contributed by atoms with Gasteiger partial charge in [0.15, 0.2) is 5.78 Å². The maximum Gasteiger partial charge on any atom is 0.187 e. The molecule has 0 aliphatic rings. The van der Waals surface area contributed by atoms with E-state index in [9.17, 15) is 13.6 Å². The standard InChI is InChI=1S/C23H16F2N4O/c24-16-9-14(12-28-13-16)17-7-8-27-11-15(17)10-22(30)23-20(26)5-6-21(29-23)18-3-1-2-4-19(18)25/h1-9,11-13H,10,26H2. The quantitative estimate of drug-likeness (QED) is 0.498. The zero-order chi connectivity index (χ0) is 21.1. The lowest BCUT2D eigenvalue weighted by molar-refractivity contribution is 0.0989. The van der Waals surface area contributed by atoms with Crippen molar-refractivity contribution in [3.8, 4) is 22.4 Å². The van der Waals surface area contributed by atoms with Crippen molar-refractivity contribution in [1.29, 1.82) is 0 Å². The molecule has 7 heteroatoms.